The van der Waals surface area contributed by atoms with Crippen LogP contribution in [0, 0.1) is 12.7 Å². The highest BCUT2D eigenvalue weighted by atomic mass is 32.1. The quantitative estimate of drug-likeness (QED) is 0.841. The van der Waals surface area contributed by atoms with Crippen LogP contribution in [0.4, 0.5) is 13.2 Å². The van der Waals surface area contributed by atoms with Gasteiger partial charge in [-0.1, -0.05) is 12.1 Å². The zero-order valence-corrected chi connectivity index (χ0v) is 13.7. The van der Waals surface area contributed by atoms with Crippen molar-refractivity contribution in [3.05, 3.63) is 51.2 Å². The number of halogens is 3. The molecule has 2 aromatic rings. The lowest BCUT2D eigenvalue weighted by molar-refractivity contribution is -0.00305. The van der Waals surface area contributed by atoms with Gasteiger partial charge >= 0.3 is 0 Å². The fourth-order valence-corrected chi connectivity index (χ4v) is 3.51. The summed E-state index contributed by atoms with van der Waals surface area (Å²) in [6.07, 6.45) is -2.97. The number of hydrogen-bond acceptors (Lipinski definition) is 4. The summed E-state index contributed by atoms with van der Waals surface area (Å²) >= 11 is 1.39. The topological polar surface area (TPSA) is 42.4 Å². The monoisotopic (exact) mass is 356 g/mol. The van der Waals surface area contributed by atoms with Crippen LogP contribution in [0.1, 0.15) is 39.1 Å². The molecule has 1 aliphatic rings. The number of aryl methyl sites for hydroxylation is 1. The second kappa shape index (κ2) is 6.90. The van der Waals surface area contributed by atoms with Gasteiger partial charge in [0.05, 0.1) is 24.3 Å². The predicted octanol–water partition coefficient (Wildman–Crippen LogP) is 3.74. The summed E-state index contributed by atoms with van der Waals surface area (Å²) in [5.74, 6) is -1.80. The summed E-state index contributed by atoms with van der Waals surface area (Å²) in [5.41, 5.74) is -0.303. The highest BCUT2D eigenvalue weighted by Gasteiger charge is 2.33. The summed E-state index contributed by atoms with van der Waals surface area (Å²) in [6, 6.07) is 3.03. The number of benzene rings is 1. The van der Waals surface area contributed by atoms with Crippen LogP contribution in [0.15, 0.2) is 23.6 Å². The van der Waals surface area contributed by atoms with Gasteiger partial charge in [0.1, 0.15) is 16.9 Å². The van der Waals surface area contributed by atoms with Gasteiger partial charge in [0.2, 0.25) is 0 Å². The van der Waals surface area contributed by atoms with Crippen molar-refractivity contribution in [2.45, 2.75) is 19.4 Å². The Morgan fingerprint density at radius 2 is 2.25 bits per heavy atom. The normalized spacial score (nSPS) is 18.2. The third-order valence-electron chi connectivity index (χ3n) is 3.81. The smallest absolute Gasteiger partial charge is 0.266 e. The lowest BCUT2D eigenvalue weighted by Gasteiger charge is -2.34. The van der Waals surface area contributed by atoms with E-state index in [0.29, 0.717) is 11.6 Å². The number of ether oxygens (including phenoxy) is 1. The van der Waals surface area contributed by atoms with Crippen molar-refractivity contribution in [3.63, 3.8) is 0 Å². The van der Waals surface area contributed by atoms with E-state index in [4.69, 9.17) is 4.74 Å². The lowest BCUT2D eigenvalue weighted by Crippen LogP contribution is -2.43. The number of hydrogen-bond donors (Lipinski definition) is 0. The summed E-state index contributed by atoms with van der Waals surface area (Å²) < 4.78 is 45.4. The molecule has 8 heteroatoms. The first-order chi connectivity index (χ1) is 11.5. The Kier molecular flexibility index (Phi) is 4.86. The third-order valence-corrected chi connectivity index (χ3v) is 4.87. The molecule has 1 aromatic carbocycles. The molecule has 1 fully saturated rings. The molecule has 1 saturated heterocycles. The van der Waals surface area contributed by atoms with Crippen LogP contribution < -0.4 is 0 Å². The molecule has 0 aliphatic carbocycles. The molecule has 0 bridgehead atoms. The van der Waals surface area contributed by atoms with Crippen molar-refractivity contribution in [2.75, 3.05) is 19.8 Å². The van der Waals surface area contributed by atoms with Gasteiger partial charge in [-0.25, -0.2) is 18.2 Å². The Bertz CT molecular complexity index is 751. The van der Waals surface area contributed by atoms with Crippen molar-refractivity contribution in [3.8, 4) is 0 Å². The van der Waals surface area contributed by atoms with Crippen LogP contribution in [0.2, 0.25) is 0 Å². The SMILES string of the molecule is Cc1csc(C2COCCN2C(=O)c2cccc(C(F)F)c2F)n1. The number of thiazole rings is 1. The number of carbonyl (C=O) groups excluding carboxylic acids is 1. The van der Waals surface area contributed by atoms with Crippen LogP contribution in [0.3, 0.4) is 0 Å². The molecule has 4 nitrogen and oxygen atoms in total. The zero-order valence-electron chi connectivity index (χ0n) is 12.8. The molecule has 0 spiro atoms. The molecule has 1 amide bonds. The van der Waals surface area contributed by atoms with Gasteiger partial charge in [0.25, 0.3) is 12.3 Å². The highest BCUT2D eigenvalue weighted by Crippen LogP contribution is 2.30. The predicted molar refractivity (Wildman–Crippen MR) is 82.8 cm³/mol. The number of morpholine rings is 1. The molecule has 1 atom stereocenters. The van der Waals surface area contributed by atoms with Crippen molar-refractivity contribution in [1.82, 2.24) is 9.88 Å². The first kappa shape index (κ1) is 16.9. The van der Waals surface area contributed by atoms with Crippen LogP contribution in [-0.2, 0) is 4.74 Å². The van der Waals surface area contributed by atoms with E-state index in [1.54, 1.807) is 0 Å². The maximum absolute atomic E-state index is 14.3. The van der Waals surface area contributed by atoms with E-state index in [-0.39, 0.29) is 18.7 Å². The average molecular weight is 356 g/mol. The second-order valence-corrected chi connectivity index (χ2v) is 6.32. The Labute approximate surface area is 140 Å². The summed E-state index contributed by atoms with van der Waals surface area (Å²) in [4.78, 5) is 18.5. The minimum Gasteiger partial charge on any atom is -0.377 e. The first-order valence-electron chi connectivity index (χ1n) is 7.36. The Balaban J connectivity index is 1.94. The number of amides is 1. The molecule has 1 aromatic heterocycles. The van der Waals surface area contributed by atoms with Gasteiger partial charge in [0.15, 0.2) is 0 Å². The molecule has 128 valence electrons. The molecule has 1 unspecified atom stereocenters. The number of nitrogens with zero attached hydrogens (tertiary/aromatic N) is 2. The maximum atomic E-state index is 14.3. The molecule has 24 heavy (non-hydrogen) atoms. The Morgan fingerprint density at radius 3 is 2.92 bits per heavy atom. The summed E-state index contributed by atoms with van der Waals surface area (Å²) in [7, 11) is 0. The molecule has 3 rings (SSSR count). The van der Waals surface area contributed by atoms with Gasteiger partial charge in [-0.3, -0.25) is 4.79 Å². The third kappa shape index (κ3) is 3.16. The summed E-state index contributed by atoms with van der Waals surface area (Å²) in [6.45, 7) is 2.64. The van der Waals surface area contributed by atoms with Crippen LogP contribution in [0.25, 0.3) is 0 Å². The Morgan fingerprint density at radius 1 is 1.46 bits per heavy atom. The van der Waals surface area contributed by atoms with Crippen molar-refractivity contribution >= 4 is 17.2 Å². The van der Waals surface area contributed by atoms with Gasteiger partial charge in [-0.2, -0.15) is 0 Å². The fourth-order valence-electron chi connectivity index (χ4n) is 2.61. The van der Waals surface area contributed by atoms with E-state index >= 15 is 0 Å². The number of alkyl halides is 2. The van der Waals surface area contributed by atoms with Gasteiger partial charge in [-0.05, 0) is 13.0 Å². The lowest BCUT2D eigenvalue weighted by atomic mass is 10.1. The van der Waals surface area contributed by atoms with Gasteiger partial charge < -0.3 is 9.64 Å². The molecule has 0 radical (unpaired) electrons. The molecule has 0 saturated carbocycles. The van der Waals surface area contributed by atoms with E-state index in [9.17, 15) is 18.0 Å². The minimum atomic E-state index is -2.97. The molecular formula is C16H15F3N2O2S. The van der Waals surface area contributed by atoms with Gasteiger partial charge in [-0.15, -0.1) is 11.3 Å². The van der Waals surface area contributed by atoms with Crippen molar-refractivity contribution in [1.29, 1.82) is 0 Å². The number of rotatable bonds is 3. The van der Waals surface area contributed by atoms with Crippen LogP contribution >= 0.6 is 11.3 Å². The van der Waals surface area contributed by atoms with Crippen molar-refractivity contribution in [2.24, 2.45) is 0 Å². The summed E-state index contributed by atoms with van der Waals surface area (Å²) in [5, 5.41) is 2.54. The maximum Gasteiger partial charge on any atom is 0.266 e. The number of aromatic nitrogens is 1. The van der Waals surface area contributed by atoms with E-state index in [1.165, 1.54) is 28.4 Å². The average Bonchev–Trinajstić information content (AvgIpc) is 3.00. The first-order valence-corrected chi connectivity index (χ1v) is 8.24. The fraction of sp³-hybridized carbons (Fsp3) is 0.375. The minimum absolute atomic E-state index is 0.245. The van der Waals surface area contributed by atoms with E-state index < -0.39 is 29.8 Å². The second-order valence-electron chi connectivity index (χ2n) is 5.43. The molecule has 0 N–H and O–H groups in total. The van der Waals surface area contributed by atoms with Crippen LogP contribution in [-0.4, -0.2) is 35.5 Å². The molecule has 2 heterocycles. The molecular weight excluding hydrogens is 341 g/mol. The van der Waals surface area contributed by atoms with E-state index in [0.717, 1.165) is 11.8 Å². The number of carbonyl (C=O) groups is 1. The standard InChI is InChI=1S/C16H15F3N2O2S/c1-9-8-24-15(20-9)12-7-23-6-5-21(12)16(22)11-4-2-3-10(13(11)17)14(18)19/h2-4,8,12,14H,5-7H2,1H3. The largest absolute Gasteiger partial charge is 0.377 e. The van der Waals surface area contributed by atoms with Crippen molar-refractivity contribution < 1.29 is 22.7 Å². The highest BCUT2D eigenvalue weighted by molar-refractivity contribution is 7.09. The zero-order chi connectivity index (χ0) is 17.3. The van der Waals surface area contributed by atoms with E-state index in [1.807, 2.05) is 12.3 Å². The van der Waals surface area contributed by atoms with E-state index in [2.05, 4.69) is 4.98 Å². The Hall–Kier alpha value is -1.93. The van der Waals surface area contributed by atoms with Crippen LogP contribution in [0.5, 0.6) is 0 Å². The molecule has 1 aliphatic heterocycles. The van der Waals surface area contributed by atoms with Gasteiger partial charge in [0, 0.05) is 17.6 Å².